The fraction of sp³-hybridized carbons (Fsp3) is 0.200. The van der Waals surface area contributed by atoms with Gasteiger partial charge in [-0.25, -0.2) is 0 Å². The Hall–Kier alpha value is -0.730. The van der Waals surface area contributed by atoms with Crippen LogP contribution in [0.4, 0.5) is 0 Å². The summed E-state index contributed by atoms with van der Waals surface area (Å²) in [6.45, 7) is 2.06. The van der Waals surface area contributed by atoms with Crippen LogP contribution in [0.15, 0.2) is 18.2 Å². The highest BCUT2D eigenvalue weighted by Gasteiger charge is 2.05. The first-order chi connectivity index (χ1) is 6.20. The normalized spacial score (nSPS) is 10.7. The number of ether oxygens (including phenoxy) is 1. The predicted octanol–water partition coefficient (Wildman–Crippen LogP) is 3.87. The third-order valence-corrected chi connectivity index (χ3v) is 3.41. The molecule has 2 aromatic rings. The maximum Gasteiger partial charge on any atom is 0.174 e. The zero-order chi connectivity index (χ0) is 9.42. The summed E-state index contributed by atoms with van der Waals surface area (Å²) in [4.78, 5) is 0. The van der Waals surface area contributed by atoms with Crippen molar-refractivity contribution in [2.24, 2.45) is 0 Å². The van der Waals surface area contributed by atoms with E-state index in [1.807, 2.05) is 18.2 Å². The van der Waals surface area contributed by atoms with Crippen LogP contribution in [0, 0.1) is 6.92 Å². The maximum atomic E-state index is 5.94. The second-order valence-corrected chi connectivity index (χ2v) is 4.36. The highest BCUT2D eigenvalue weighted by molar-refractivity contribution is 7.21. The number of rotatable bonds is 1. The van der Waals surface area contributed by atoms with Crippen LogP contribution in [0.3, 0.4) is 0 Å². The maximum absolute atomic E-state index is 5.94. The second-order valence-electron chi connectivity index (χ2n) is 2.91. The standard InChI is InChI=1S/C10H9ClOS/c1-6-3-8(11)4-7-5-9(12-2)13-10(6)7/h3-5H,1-2H3. The smallest absolute Gasteiger partial charge is 0.174 e. The van der Waals surface area contributed by atoms with Crippen LogP contribution < -0.4 is 4.74 Å². The van der Waals surface area contributed by atoms with Gasteiger partial charge in [-0.1, -0.05) is 22.9 Å². The van der Waals surface area contributed by atoms with Crippen molar-refractivity contribution in [1.29, 1.82) is 0 Å². The topological polar surface area (TPSA) is 9.23 Å². The lowest BCUT2D eigenvalue weighted by atomic mass is 10.2. The first-order valence-electron chi connectivity index (χ1n) is 3.94. The van der Waals surface area contributed by atoms with Gasteiger partial charge in [-0.05, 0) is 36.1 Å². The number of thiophene rings is 1. The van der Waals surface area contributed by atoms with Gasteiger partial charge in [0.1, 0.15) is 0 Å². The molecule has 0 radical (unpaired) electrons. The van der Waals surface area contributed by atoms with Gasteiger partial charge in [0.2, 0.25) is 0 Å². The molecular weight excluding hydrogens is 204 g/mol. The van der Waals surface area contributed by atoms with E-state index in [1.165, 1.54) is 10.3 Å². The Labute approximate surface area is 85.9 Å². The van der Waals surface area contributed by atoms with Gasteiger partial charge in [-0.15, -0.1) is 0 Å². The first kappa shape index (κ1) is 8.85. The number of hydrogen-bond donors (Lipinski definition) is 0. The Morgan fingerprint density at radius 1 is 1.31 bits per heavy atom. The molecule has 1 nitrogen and oxygen atoms in total. The molecule has 0 bridgehead atoms. The molecule has 2 rings (SSSR count). The molecule has 0 fully saturated rings. The summed E-state index contributed by atoms with van der Waals surface area (Å²) < 4.78 is 6.42. The predicted molar refractivity (Wildman–Crippen MR) is 58.1 cm³/mol. The van der Waals surface area contributed by atoms with Gasteiger partial charge in [0, 0.05) is 9.72 Å². The highest BCUT2D eigenvalue weighted by atomic mass is 35.5. The second kappa shape index (κ2) is 3.20. The molecule has 0 spiro atoms. The van der Waals surface area contributed by atoms with Crippen LogP contribution in [0.5, 0.6) is 5.06 Å². The van der Waals surface area contributed by atoms with Crippen LogP contribution in [-0.2, 0) is 0 Å². The van der Waals surface area contributed by atoms with E-state index in [-0.39, 0.29) is 0 Å². The van der Waals surface area contributed by atoms with Crippen molar-refractivity contribution < 1.29 is 4.74 Å². The molecule has 0 aliphatic rings. The number of halogens is 1. The van der Waals surface area contributed by atoms with Gasteiger partial charge >= 0.3 is 0 Å². The molecule has 0 saturated heterocycles. The van der Waals surface area contributed by atoms with Crippen molar-refractivity contribution in [2.75, 3.05) is 7.11 Å². The summed E-state index contributed by atoms with van der Waals surface area (Å²) in [5.74, 6) is 0. The van der Waals surface area contributed by atoms with Crippen molar-refractivity contribution in [1.82, 2.24) is 0 Å². The number of fused-ring (bicyclic) bond motifs is 1. The Bertz CT molecular complexity index is 447. The van der Waals surface area contributed by atoms with Crippen LogP contribution in [-0.4, -0.2) is 7.11 Å². The van der Waals surface area contributed by atoms with Crippen molar-refractivity contribution >= 4 is 33.0 Å². The molecule has 0 N–H and O–H groups in total. The molecule has 3 heteroatoms. The molecule has 0 aliphatic carbocycles. The summed E-state index contributed by atoms with van der Waals surface area (Å²) in [6, 6.07) is 5.95. The third kappa shape index (κ3) is 1.52. The van der Waals surface area contributed by atoms with Gasteiger partial charge < -0.3 is 4.74 Å². The summed E-state index contributed by atoms with van der Waals surface area (Å²) in [5.41, 5.74) is 1.20. The Balaban J connectivity index is 2.75. The molecule has 0 amide bonds. The van der Waals surface area contributed by atoms with Gasteiger partial charge in [0.05, 0.1) is 7.11 Å². The number of methoxy groups -OCH3 is 1. The van der Waals surface area contributed by atoms with Crippen molar-refractivity contribution in [3.8, 4) is 5.06 Å². The molecular formula is C10H9ClOS. The lowest BCUT2D eigenvalue weighted by Gasteiger charge is -1.95. The highest BCUT2D eigenvalue weighted by Crippen LogP contribution is 2.35. The first-order valence-corrected chi connectivity index (χ1v) is 5.14. The van der Waals surface area contributed by atoms with Crippen LogP contribution in [0.2, 0.25) is 5.02 Å². The fourth-order valence-corrected chi connectivity index (χ4v) is 2.57. The Kier molecular flexibility index (Phi) is 2.18. The van der Waals surface area contributed by atoms with E-state index >= 15 is 0 Å². The zero-order valence-electron chi connectivity index (χ0n) is 7.43. The monoisotopic (exact) mass is 212 g/mol. The van der Waals surface area contributed by atoms with E-state index in [1.54, 1.807) is 18.4 Å². The minimum Gasteiger partial charge on any atom is -0.487 e. The lowest BCUT2D eigenvalue weighted by Crippen LogP contribution is -1.73. The van der Waals surface area contributed by atoms with E-state index < -0.39 is 0 Å². The average Bonchev–Trinajstić information content (AvgIpc) is 2.47. The van der Waals surface area contributed by atoms with E-state index in [4.69, 9.17) is 16.3 Å². The van der Waals surface area contributed by atoms with E-state index in [9.17, 15) is 0 Å². The van der Waals surface area contributed by atoms with Gasteiger partial charge in [0.15, 0.2) is 5.06 Å². The summed E-state index contributed by atoms with van der Waals surface area (Å²) >= 11 is 7.59. The van der Waals surface area contributed by atoms with Gasteiger partial charge in [0.25, 0.3) is 0 Å². The minimum absolute atomic E-state index is 0.783. The molecule has 0 atom stereocenters. The van der Waals surface area contributed by atoms with Crippen molar-refractivity contribution in [3.05, 3.63) is 28.8 Å². The van der Waals surface area contributed by atoms with Crippen molar-refractivity contribution in [3.63, 3.8) is 0 Å². The summed E-state index contributed by atoms with van der Waals surface area (Å²) in [5, 5.41) is 2.87. The van der Waals surface area contributed by atoms with Crippen molar-refractivity contribution in [2.45, 2.75) is 6.92 Å². The summed E-state index contributed by atoms with van der Waals surface area (Å²) in [7, 11) is 1.68. The minimum atomic E-state index is 0.783. The van der Waals surface area contributed by atoms with Crippen LogP contribution >= 0.6 is 22.9 Å². The molecule has 1 aromatic carbocycles. The number of benzene rings is 1. The summed E-state index contributed by atoms with van der Waals surface area (Å²) in [6.07, 6.45) is 0. The SMILES string of the molecule is COc1cc2cc(Cl)cc(C)c2s1. The van der Waals surface area contributed by atoms with Crippen LogP contribution in [0.1, 0.15) is 5.56 Å². The fourth-order valence-electron chi connectivity index (χ4n) is 1.36. The molecule has 0 saturated carbocycles. The molecule has 0 unspecified atom stereocenters. The van der Waals surface area contributed by atoms with E-state index in [0.29, 0.717) is 0 Å². The number of hydrogen-bond acceptors (Lipinski definition) is 2. The van der Waals surface area contributed by atoms with Gasteiger partial charge in [-0.3, -0.25) is 0 Å². The van der Waals surface area contributed by atoms with Crippen LogP contribution in [0.25, 0.3) is 10.1 Å². The Morgan fingerprint density at radius 3 is 2.77 bits per heavy atom. The average molecular weight is 213 g/mol. The zero-order valence-corrected chi connectivity index (χ0v) is 9.00. The van der Waals surface area contributed by atoms with E-state index in [2.05, 4.69) is 6.92 Å². The molecule has 68 valence electrons. The molecule has 13 heavy (non-hydrogen) atoms. The molecule has 0 aliphatic heterocycles. The van der Waals surface area contributed by atoms with E-state index in [0.717, 1.165) is 15.5 Å². The lowest BCUT2D eigenvalue weighted by molar-refractivity contribution is 0.427. The molecule has 1 aromatic heterocycles. The molecule has 1 heterocycles. The number of aryl methyl sites for hydroxylation is 1. The quantitative estimate of drug-likeness (QED) is 0.697. The van der Waals surface area contributed by atoms with Gasteiger partial charge in [-0.2, -0.15) is 0 Å². The Morgan fingerprint density at radius 2 is 2.08 bits per heavy atom. The third-order valence-electron chi connectivity index (χ3n) is 1.95. The largest absolute Gasteiger partial charge is 0.487 e.